The Hall–Kier alpha value is -0.820. The highest BCUT2D eigenvalue weighted by molar-refractivity contribution is 7.89. The van der Waals surface area contributed by atoms with Crippen molar-refractivity contribution in [1.82, 2.24) is 9.62 Å². The minimum atomic E-state index is -3.58. The second-order valence-electron chi connectivity index (χ2n) is 4.11. The standard InChI is InChI=1S/C12H20ClN3O2S/c1-3-16(4-2)8-7-15-19(17,18)12-6-5-10(13)9-11(12)14/h5-6,9,15H,3-4,7-8,14H2,1-2H3. The van der Waals surface area contributed by atoms with Gasteiger partial charge in [-0.15, -0.1) is 0 Å². The van der Waals surface area contributed by atoms with Crippen LogP contribution in [-0.2, 0) is 10.0 Å². The van der Waals surface area contributed by atoms with Crippen molar-refractivity contribution in [2.24, 2.45) is 0 Å². The van der Waals surface area contributed by atoms with Crippen LogP contribution in [0.2, 0.25) is 5.02 Å². The molecular formula is C12H20ClN3O2S. The van der Waals surface area contributed by atoms with E-state index in [4.69, 9.17) is 17.3 Å². The number of anilines is 1. The Morgan fingerprint density at radius 1 is 1.32 bits per heavy atom. The molecule has 0 saturated carbocycles. The highest BCUT2D eigenvalue weighted by Gasteiger charge is 2.17. The van der Waals surface area contributed by atoms with Crippen LogP contribution in [0, 0.1) is 0 Å². The summed E-state index contributed by atoms with van der Waals surface area (Å²) in [7, 11) is -3.58. The van der Waals surface area contributed by atoms with Crippen molar-refractivity contribution < 1.29 is 8.42 Å². The van der Waals surface area contributed by atoms with Crippen molar-refractivity contribution in [2.75, 3.05) is 31.9 Å². The zero-order chi connectivity index (χ0) is 14.5. The maximum absolute atomic E-state index is 12.1. The molecule has 0 radical (unpaired) electrons. The SMILES string of the molecule is CCN(CC)CCNS(=O)(=O)c1ccc(Cl)cc1N. The number of nitrogens with two attached hydrogens (primary N) is 1. The van der Waals surface area contributed by atoms with Gasteiger partial charge in [0.25, 0.3) is 0 Å². The monoisotopic (exact) mass is 305 g/mol. The number of likely N-dealkylation sites (N-methyl/N-ethyl adjacent to an activating group) is 1. The van der Waals surface area contributed by atoms with E-state index in [1.807, 2.05) is 13.8 Å². The van der Waals surface area contributed by atoms with E-state index in [9.17, 15) is 8.42 Å². The average molecular weight is 306 g/mol. The summed E-state index contributed by atoms with van der Waals surface area (Å²) in [6, 6.07) is 4.36. The molecule has 0 aliphatic heterocycles. The zero-order valence-electron chi connectivity index (χ0n) is 11.2. The van der Waals surface area contributed by atoms with Gasteiger partial charge in [-0.2, -0.15) is 0 Å². The van der Waals surface area contributed by atoms with Gasteiger partial charge in [0, 0.05) is 18.1 Å². The molecular weight excluding hydrogens is 286 g/mol. The molecule has 0 unspecified atom stereocenters. The molecule has 7 heteroatoms. The molecule has 0 heterocycles. The van der Waals surface area contributed by atoms with Crippen molar-refractivity contribution in [3.63, 3.8) is 0 Å². The lowest BCUT2D eigenvalue weighted by molar-refractivity contribution is 0.309. The van der Waals surface area contributed by atoms with Gasteiger partial charge in [-0.05, 0) is 31.3 Å². The highest BCUT2D eigenvalue weighted by Crippen LogP contribution is 2.21. The van der Waals surface area contributed by atoms with E-state index in [2.05, 4.69) is 9.62 Å². The molecule has 0 amide bonds. The van der Waals surface area contributed by atoms with E-state index >= 15 is 0 Å². The van der Waals surface area contributed by atoms with Gasteiger partial charge in [-0.3, -0.25) is 0 Å². The van der Waals surface area contributed by atoms with Crippen LogP contribution in [0.5, 0.6) is 0 Å². The van der Waals surface area contributed by atoms with Gasteiger partial charge in [0.1, 0.15) is 4.90 Å². The first-order chi connectivity index (χ1) is 8.90. The molecule has 1 rings (SSSR count). The van der Waals surface area contributed by atoms with Crippen LogP contribution < -0.4 is 10.5 Å². The number of nitrogens with zero attached hydrogens (tertiary/aromatic N) is 1. The first kappa shape index (κ1) is 16.2. The molecule has 0 aliphatic carbocycles. The van der Waals surface area contributed by atoms with Gasteiger partial charge in [0.15, 0.2) is 0 Å². The van der Waals surface area contributed by atoms with Crippen molar-refractivity contribution in [1.29, 1.82) is 0 Å². The van der Waals surface area contributed by atoms with Crippen molar-refractivity contribution in [3.8, 4) is 0 Å². The Kier molecular flexibility index (Phi) is 6.06. The number of nitrogen functional groups attached to an aromatic ring is 1. The van der Waals surface area contributed by atoms with Crippen LogP contribution in [-0.4, -0.2) is 39.5 Å². The lowest BCUT2D eigenvalue weighted by Gasteiger charge is -2.18. The molecule has 1 aromatic carbocycles. The van der Waals surface area contributed by atoms with Crippen molar-refractivity contribution in [3.05, 3.63) is 23.2 Å². The maximum Gasteiger partial charge on any atom is 0.242 e. The van der Waals surface area contributed by atoms with Gasteiger partial charge in [-0.1, -0.05) is 25.4 Å². The third kappa shape index (κ3) is 4.65. The van der Waals surface area contributed by atoms with Crippen LogP contribution in [0.25, 0.3) is 0 Å². The molecule has 0 atom stereocenters. The van der Waals surface area contributed by atoms with Crippen molar-refractivity contribution in [2.45, 2.75) is 18.7 Å². The quantitative estimate of drug-likeness (QED) is 0.749. The maximum atomic E-state index is 12.1. The second kappa shape index (κ2) is 7.09. The summed E-state index contributed by atoms with van der Waals surface area (Å²) in [4.78, 5) is 2.20. The fraction of sp³-hybridized carbons (Fsp3) is 0.500. The molecule has 0 bridgehead atoms. The summed E-state index contributed by atoms with van der Waals surface area (Å²) in [6.07, 6.45) is 0. The Morgan fingerprint density at radius 3 is 2.47 bits per heavy atom. The molecule has 19 heavy (non-hydrogen) atoms. The van der Waals surface area contributed by atoms with Gasteiger partial charge < -0.3 is 10.6 Å². The fourth-order valence-corrected chi connectivity index (χ4v) is 3.03. The van der Waals surface area contributed by atoms with E-state index in [1.165, 1.54) is 18.2 Å². The third-order valence-electron chi connectivity index (χ3n) is 2.88. The molecule has 1 aromatic rings. The summed E-state index contributed by atoms with van der Waals surface area (Å²) in [6.45, 7) is 6.87. The predicted octanol–water partition coefficient (Wildman–Crippen LogP) is 1.54. The van der Waals surface area contributed by atoms with Crippen LogP contribution in [0.3, 0.4) is 0 Å². The molecule has 0 aromatic heterocycles. The number of sulfonamides is 1. The number of nitrogens with one attached hydrogen (secondary N) is 1. The Labute approximate surface area is 119 Å². The van der Waals surface area contributed by atoms with Gasteiger partial charge in [0.2, 0.25) is 10.0 Å². The Bertz CT molecular complexity index is 516. The molecule has 0 spiro atoms. The molecule has 0 saturated heterocycles. The average Bonchev–Trinajstić information content (AvgIpc) is 2.34. The summed E-state index contributed by atoms with van der Waals surface area (Å²) < 4.78 is 26.7. The van der Waals surface area contributed by atoms with Crippen LogP contribution in [0.4, 0.5) is 5.69 Å². The lowest BCUT2D eigenvalue weighted by Crippen LogP contribution is -2.35. The molecule has 3 N–H and O–H groups in total. The van der Waals surface area contributed by atoms with Gasteiger partial charge >= 0.3 is 0 Å². The Balaban J connectivity index is 2.71. The number of hydrogen-bond donors (Lipinski definition) is 2. The fourth-order valence-electron chi connectivity index (χ4n) is 1.72. The second-order valence-corrected chi connectivity index (χ2v) is 6.28. The third-order valence-corrected chi connectivity index (χ3v) is 4.65. The van der Waals surface area contributed by atoms with E-state index < -0.39 is 10.0 Å². The van der Waals surface area contributed by atoms with E-state index in [-0.39, 0.29) is 10.6 Å². The smallest absolute Gasteiger partial charge is 0.242 e. The predicted molar refractivity (Wildman–Crippen MR) is 78.8 cm³/mol. The van der Waals surface area contributed by atoms with Crippen LogP contribution in [0.1, 0.15) is 13.8 Å². The topological polar surface area (TPSA) is 75.4 Å². The van der Waals surface area contributed by atoms with E-state index in [1.54, 1.807) is 0 Å². The summed E-state index contributed by atoms with van der Waals surface area (Å²) in [5.74, 6) is 0. The minimum absolute atomic E-state index is 0.0662. The number of benzene rings is 1. The summed E-state index contributed by atoms with van der Waals surface area (Å²) >= 11 is 5.75. The number of halogens is 1. The zero-order valence-corrected chi connectivity index (χ0v) is 12.8. The summed E-state index contributed by atoms with van der Waals surface area (Å²) in [5, 5.41) is 0.416. The largest absolute Gasteiger partial charge is 0.398 e. The molecule has 5 nitrogen and oxygen atoms in total. The minimum Gasteiger partial charge on any atom is -0.398 e. The molecule has 0 aliphatic rings. The molecule has 108 valence electrons. The van der Waals surface area contributed by atoms with Gasteiger partial charge in [0.05, 0.1) is 5.69 Å². The first-order valence-corrected chi connectivity index (χ1v) is 8.03. The highest BCUT2D eigenvalue weighted by atomic mass is 35.5. The van der Waals surface area contributed by atoms with E-state index in [0.29, 0.717) is 18.1 Å². The molecule has 0 fully saturated rings. The summed E-state index contributed by atoms with van der Waals surface area (Å²) in [5.41, 5.74) is 5.83. The normalized spacial score (nSPS) is 12.0. The lowest BCUT2D eigenvalue weighted by atomic mass is 10.3. The van der Waals surface area contributed by atoms with Crippen LogP contribution in [0.15, 0.2) is 23.1 Å². The van der Waals surface area contributed by atoms with E-state index in [0.717, 1.165) is 13.1 Å². The first-order valence-electron chi connectivity index (χ1n) is 6.17. The van der Waals surface area contributed by atoms with Crippen LogP contribution >= 0.6 is 11.6 Å². The Morgan fingerprint density at radius 2 is 1.95 bits per heavy atom. The number of hydrogen-bond acceptors (Lipinski definition) is 4. The van der Waals surface area contributed by atoms with Gasteiger partial charge in [-0.25, -0.2) is 13.1 Å². The van der Waals surface area contributed by atoms with Crippen molar-refractivity contribution >= 4 is 27.3 Å². The number of rotatable bonds is 7.